The Hall–Kier alpha value is -0.970. The molecule has 0 fully saturated rings. The van der Waals surface area contributed by atoms with Crippen LogP contribution in [0.2, 0.25) is 0 Å². The summed E-state index contributed by atoms with van der Waals surface area (Å²) in [7, 11) is 0. The largest absolute Gasteiger partial charge is 0.273 e. The zero-order valence-electron chi connectivity index (χ0n) is 6.17. The van der Waals surface area contributed by atoms with Gasteiger partial charge < -0.3 is 0 Å². The fourth-order valence-corrected chi connectivity index (χ4v) is 1.16. The maximum Gasteiger partial charge on any atom is 0.273 e. The summed E-state index contributed by atoms with van der Waals surface area (Å²) < 4.78 is 13.3. The van der Waals surface area contributed by atoms with Gasteiger partial charge in [0.2, 0.25) is 0 Å². The molecule has 0 N–H and O–H groups in total. The van der Waals surface area contributed by atoms with E-state index < -0.39 is 10.7 Å². The van der Waals surface area contributed by atoms with Gasteiger partial charge in [0.15, 0.2) is 0 Å². The molecule has 1 aromatic rings. The predicted octanol–water partition coefficient (Wildman–Crippen LogP) is 2.80. The third-order valence-corrected chi connectivity index (χ3v) is 2.30. The maximum atomic E-state index is 12.9. The van der Waals surface area contributed by atoms with Crippen LogP contribution in [-0.2, 0) is 0 Å². The van der Waals surface area contributed by atoms with Crippen molar-refractivity contribution in [1.82, 2.24) is 0 Å². The molecule has 0 aliphatic rings. The van der Waals surface area contributed by atoms with Gasteiger partial charge in [-0.05, 0) is 12.5 Å². The van der Waals surface area contributed by atoms with Gasteiger partial charge in [-0.25, -0.2) is 4.39 Å². The second kappa shape index (κ2) is 3.18. The van der Waals surface area contributed by atoms with Crippen molar-refractivity contribution in [3.05, 3.63) is 38.1 Å². The number of nitro benzene ring substituents is 1. The first-order chi connectivity index (χ1) is 5.52. The van der Waals surface area contributed by atoms with Crippen molar-refractivity contribution >= 4 is 21.6 Å². The Morgan fingerprint density at radius 2 is 2.17 bits per heavy atom. The summed E-state index contributed by atoms with van der Waals surface area (Å²) in [4.78, 5) is 9.60. The van der Waals surface area contributed by atoms with E-state index in [-0.39, 0.29) is 5.69 Å². The molecule has 0 unspecified atom stereocenters. The Morgan fingerprint density at radius 1 is 1.58 bits per heavy atom. The molecule has 0 bridgehead atoms. The van der Waals surface area contributed by atoms with Crippen LogP contribution in [0, 0.1) is 22.9 Å². The molecule has 0 saturated carbocycles. The summed E-state index contributed by atoms with van der Waals surface area (Å²) in [6.07, 6.45) is 0. The van der Waals surface area contributed by atoms with E-state index in [0.29, 0.717) is 10.0 Å². The first-order valence-corrected chi connectivity index (χ1v) is 3.91. The van der Waals surface area contributed by atoms with Crippen molar-refractivity contribution in [2.45, 2.75) is 6.92 Å². The normalized spacial score (nSPS) is 9.92. The van der Waals surface area contributed by atoms with Gasteiger partial charge in [0, 0.05) is 10.5 Å². The standard InChI is InChI=1S/C7H5BrFNO2/c1-4-6(8)2-5(10(11)12)3-7(4)9/h2-3H,1H3. The molecule has 1 rings (SSSR count). The molecule has 0 atom stereocenters. The second-order valence-electron chi connectivity index (χ2n) is 2.29. The fraction of sp³-hybridized carbons (Fsp3) is 0.143. The average molecular weight is 234 g/mol. The number of halogens is 2. The van der Waals surface area contributed by atoms with Gasteiger partial charge in [0.25, 0.3) is 5.69 Å². The van der Waals surface area contributed by atoms with E-state index in [1.54, 1.807) is 6.92 Å². The van der Waals surface area contributed by atoms with Crippen LogP contribution in [0.4, 0.5) is 10.1 Å². The van der Waals surface area contributed by atoms with Crippen molar-refractivity contribution in [3.8, 4) is 0 Å². The zero-order valence-corrected chi connectivity index (χ0v) is 7.76. The summed E-state index contributed by atoms with van der Waals surface area (Å²) in [6, 6.07) is 2.18. The number of rotatable bonds is 1. The summed E-state index contributed by atoms with van der Waals surface area (Å²) in [5, 5.41) is 10.2. The Bertz CT molecular complexity index is 317. The highest BCUT2D eigenvalue weighted by molar-refractivity contribution is 9.10. The lowest BCUT2D eigenvalue weighted by Gasteiger charge is -1.98. The first kappa shape index (κ1) is 9.12. The Kier molecular flexibility index (Phi) is 2.42. The van der Waals surface area contributed by atoms with E-state index in [9.17, 15) is 14.5 Å². The number of nitrogens with zero attached hydrogens (tertiary/aromatic N) is 1. The number of nitro groups is 1. The topological polar surface area (TPSA) is 43.1 Å². The van der Waals surface area contributed by atoms with Gasteiger partial charge in [-0.1, -0.05) is 15.9 Å². The number of non-ortho nitro benzene ring substituents is 1. The molecule has 0 spiro atoms. The summed E-state index contributed by atoms with van der Waals surface area (Å²) in [5.74, 6) is -0.573. The lowest BCUT2D eigenvalue weighted by molar-refractivity contribution is -0.385. The third kappa shape index (κ3) is 1.61. The molecule has 64 valence electrons. The molecule has 0 aliphatic carbocycles. The van der Waals surface area contributed by atoms with E-state index in [1.807, 2.05) is 0 Å². The molecule has 0 heterocycles. The van der Waals surface area contributed by atoms with E-state index in [1.165, 1.54) is 6.07 Å². The van der Waals surface area contributed by atoms with Crippen molar-refractivity contribution in [1.29, 1.82) is 0 Å². The van der Waals surface area contributed by atoms with Crippen LogP contribution in [0.1, 0.15) is 5.56 Å². The van der Waals surface area contributed by atoms with E-state index in [2.05, 4.69) is 15.9 Å². The predicted molar refractivity (Wildman–Crippen MR) is 45.5 cm³/mol. The van der Waals surface area contributed by atoms with Crippen molar-refractivity contribution in [2.24, 2.45) is 0 Å². The van der Waals surface area contributed by atoms with Gasteiger partial charge in [-0.2, -0.15) is 0 Å². The minimum absolute atomic E-state index is 0.245. The minimum atomic E-state index is -0.632. The van der Waals surface area contributed by atoms with E-state index in [4.69, 9.17) is 0 Å². The van der Waals surface area contributed by atoms with E-state index >= 15 is 0 Å². The molecule has 0 radical (unpaired) electrons. The average Bonchev–Trinajstić information content (AvgIpc) is 1.99. The van der Waals surface area contributed by atoms with Crippen LogP contribution in [0.15, 0.2) is 16.6 Å². The van der Waals surface area contributed by atoms with Crippen molar-refractivity contribution < 1.29 is 9.31 Å². The van der Waals surface area contributed by atoms with Gasteiger partial charge in [0.1, 0.15) is 5.82 Å². The number of hydrogen-bond donors (Lipinski definition) is 0. The molecule has 0 saturated heterocycles. The van der Waals surface area contributed by atoms with Gasteiger partial charge >= 0.3 is 0 Å². The molecule has 0 aromatic heterocycles. The Morgan fingerprint density at radius 3 is 2.58 bits per heavy atom. The molecule has 0 aliphatic heterocycles. The highest BCUT2D eigenvalue weighted by atomic mass is 79.9. The third-order valence-electron chi connectivity index (χ3n) is 1.48. The van der Waals surface area contributed by atoms with Crippen LogP contribution in [-0.4, -0.2) is 4.92 Å². The summed E-state index contributed by atoms with van der Waals surface area (Å²) >= 11 is 3.02. The molecular weight excluding hydrogens is 229 g/mol. The summed E-state index contributed by atoms with van der Waals surface area (Å²) in [5.41, 5.74) is 0.130. The fourth-order valence-electron chi connectivity index (χ4n) is 0.737. The van der Waals surface area contributed by atoms with Gasteiger partial charge in [-0.3, -0.25) is 10.1 Å². The van der Waals surface area contributed by atoms with Crippen LogP contribution in [0.3, 0.4) is 0 Å². The van der Waals surface area contributed by atoms with Crippen LogP contribution in [0.25, 0.3) is 0 Å². The Balaban J connectivity index is 3.31. The molecule has 1 aromatic carbocycles. The van der Waals surface area contributed by atoms with Gasteiger partial charge in [0.05, 0.1) is 11.0 Å². The lowest BCUT2D eigenvalue weighted by Crippen LogP contribution is -1.91. The van der Waals surface area contributed by atoms with Crippen molar-refractivity contribution in [3.63, 3.8) is 0 Å². The van der Waals surface area contributed by atoms with Crippen LogP contribution in [0.5, 0.6) is 0 Å². The SMILES string of the molecule is Cc1c(F)cc([N+](=O)[O-])cc1Br. The number of benzene rings is 1. The van der Waals surface area contributed by atoms with Gasteiger partial charge in [-0.15, -0.1) is 0 Å². The maximum absolute atomic E-state index is 12.9. The Labute approximate surface area is 76.5 Å². The lowest BCUT2D eigenvalue weighted by atomic mass is 10.2. The smallest absolute Gasteiger partial charge is 0.258 e. The highest BCUT2D eigenvalue weighted by Crippen LogP contribution is 2.24. The summed E-state index contributed by atoms with van der Waals surface area (Å²) in [6.45, 7) is 1.54. The molecule has 12 heavy (non-hydrogen) atoms. The first-order valence-electron chi connectivity index (χ1n) is 3.12. The van der Waals surface area contributed by atoms with Crippen LogP contribution < -0.4 is 0 Å². The van der Waals surface area contributed by atoms with E-state index in [0.717, 1.165) is 6.07 Å². The van der Waals surface area contributed by atoms with Crippen molar-refractivity contribution in [2.75, 3.05) is 0 Å². The molecule has 3 nitrogen and oxygen atoms in total. The molecule has 0 amide bonds. The number of hydrogen-bond acceptors (Lipinski definition) is 2. The highest BCUT2D eigenvalue weighted by Gasteiger charge is 2.11. The molecular formula is C7H5BrFNO2. The quantitative estimate of drug-likeness (QED) is 0.553. The van der Waals surface area contributed by atoms with Crippen LogP contribution >= 0.6 is 15.9 Å². The monoisotopic (exact) mass is 233 g/mol. The second-order valence-corrected chi connectivity index (χ2v) is 3.15. The zero-order chi connectivity index (χ0) is 9.30. The molecule has 5 heteroatoms. The minimum Gasteiger partial charge on any atom is -0.258 e.